The molecular formula is C20H22OSe2. The number of hydrogen-bond acceptors (Lipinski definition) is 1. The summed E-state index contributed by atoms with van der Waals surface area (Å²) in [5.74, 6) is 0. The number of fused-ring (bicyclic) bond motifs is 2. The molecule has 0 N–H and O–H groups in total. The average molecular weight is 436 g/mol. The van der Waals surface area contributed by atoms with Crippen LogP contribution in [0.4, 0.5) is 0 Å². The van der Waals surface area contributed by atoms with E-state index in [2.05, 4.69) is 60.7 Å². The molecule has 23 heavy (non-hydrogen) atoms. The summed E-state index contributed by atoms with van der Waals surface area (Å²) in [4.78, 5) is 1.54. The normalized spacial score (nSPS) is 30.1. The Labute approximate surface area is 151 Å². The molecular weight excluding hydrogens is 414 g/mol. The molecule has 4 rings (SSSR count). The van der Waals surface area contributed by atoms with Crippen LogP contribution in [0.2, 0.25) is 9.63 Å². The van der Waals surface area contributed by atoms with Crippen LogP contribution in [0.15, 0.2) is 60.7 Å². The molecule has 2 fully saturated rings. The zero-order valence-corrected chi connectivity index (χ0v) is 16.6. The first-order chi connectivity index (χ1) is 11.4. The Kier molecular flexibility index (Phi) is 5.23. The van der Waals surface area contributed by atoms with Crippen molar-refractivity contribution in [3.05, 3.63) is 60.7 Å². The van der Waals surface area contributed by atoms with Crippen molar-refractivity contribution in [3.8, 4) is 0 Å². The van der Waals surface area contributed by atoms with E-state index in [-0.39, 0.29) is 0 Å². The van der Waals surface area contributed by atoms with Crippen LogP contribution in [-0.2, 0) is 4.74 Å². The van der Waals surface area contributed by atoms with Gasteiger partial charge in [-0.3, -0.25) is 0 Å². The maximum atomic E-state index is 6.52. The zero-order valence-electron chi connectivity index (χ0n) is 13.1. The van der Waals surface area contributed by atoms with E-state index in [1.54, 1.807) is 0 Å². The van der Waals surface area contributed by atoms with Gasteiger partial charge in [0.15, 0.2) is 0 Å². The predicted molar refractivity (Wildman–Crippen MR) is 98.3 cm³/mol. The Bertz CT molecular complexity index is 561. The van der Waals surface area contributed by atoms with Crippen LogP contribution in [0.1, 0.15) is 25.7 Å². The molecule has 1 nitrogen and oxygen atoms in total. The van der Waals surface area contributed by atoms with Gasteiger partial charge in [0.25, 0.3) is 0 Å². The van der Waals surface area contributed by atoms with Crippen molar-refractivity contribution in [2.45, 2.75) is 47.5 Å². The first-order valence-corrected chi connectivity index (χ1v) is 12.2. The first-order valence-electron chi connectivity index (χ1n) is 8.47. The number of benzene rings is 2. The number of rotatable bonds is 4. The standard InChI is InChI=1S/C20H22OSe2/c1-3-7-15(8-4-1)22-19-13-14-20(18-12-11-17(19)21-18)23-16-9-5-2-6-10-16/h1-10,17-20H,11-14H2/t17-,18+,19-,20+. The Morgan fingerprint density at radius 1 is 0.609 bits per heavy atom. The first kappa shape index (κ1) is 15.9. The number of hydrogen-bond donors (Lipinski definition) is 0. The number of ether oxygens (including phenoxy) is 1. The van der Waals surface area contributed by atoms with E-state index < -0.39 is 0 Å². The van der Waals surface area contributed by atoms with Crippen molar-refractivity contribution in [1.29, 1.82) is 0 Å². The van der Waals surface area contributed by atoms with E-state index in [9.17, 15) is 0 Å². The van der Waals surface area contributed by atoms with Crippen LogP contribution < -0.4 is 8.92 Å². The van der Waals surface area contributed by atoms with Gasteiger partial charge in [0.1, 0.15) is 0 Å². The van der Waals surface area contributed by atoms with E-state index in [4.69, 9.17) is 4.74 Å². The Morgan fingerprint density at radius 3 is 1.48 bits per heavy atom. The third-order valence-electron chi connectivity index (χ3n) is 4.71. The van der Waals surface area contributed by atoms with Crippen LogP contribution in [0.5, 0.6) is 0 Å². The molecule has 0 unspecified atom stereocenters. The summed E-state index contributed by atoms with van der Waals surface area (Å²) < 4.78 is 9.59. The van der Waals surface area contributed by atoms with Crippen molar-refractivity contribution in [2.75, 3.05) is 0 Å². The summed E-state index contributed by atoms with van der Waals surface area (Å²) in [5.41, 5.74) is 0. The second-order valence-corrected chi connectivity index (χ2v) is 11.8. The molecule has 0 amide bonds. The fraction of sp³-hybridized carbons (Fsp3) is 0.400. The second-order valence-electron chi connectivity index (χ2n) is 6.31. The molecule has 0 aromatic heterocycles. The van der Waals surface area contributed by atoms with Crippen molar-refractivity contribution < 1.29 is 4.74 Å². The van der Waals surface area contributed by atoms with Gasteiger partial charge in [0.05, 0.1) is 0 Å². The summed E-state index contributed by atoms with van der Waals surface area (Å²) in [7, 11) is 0. The molecule has 2 aromatic rings. The van der Waals surface area contributed by atoms with Gasteiger partial charge in [0.2, 0.25) is 0 Å². The van der Waals surface area contributed by atoms with Crippen LogP contribution >= 0.6 is 0 Å². The molecule has 0 aliphatic carbocycles. The van der Waals surface area contributed by atoms with E-state index in [1.165, 1.54) is 34.6 Å². The molecule has 2 aromatic carbocycles. The quantitative estimate of drug-likeness (QED) is 0.670. The molecule has 120 valence electrons. The van der Waals surface area contributed by atoms with E-state index in [0.29, 0.717) is 42.1 Å². The van der Waals surface area contributed by atoms with Crippen LogP contribution in [0, 0.1) is 0 Å². The summed E-state index contributed by atoms with van der Waals surface area (Å²) in [6.07, 6.45) is 6.33. The van der Waals surface area contributed by atoms with E-state index in [0.717, 1.165) is 9.63 Å². The van der Waals surface area contributed by atoms with Gasteiger partial charge in [-0.1, -0.05) is 0 Å². The maximum absolute atomic E-state index is 6.52. The van der Waals surface area contributed by atoms with Crippen molar-refractivity contribution in [2.24, 2.45) is 0 Å². The minimum atomic E-state index is 0.525. The summed E-state index contributed by atoms with van der Waals surface area (Å²) in [6.45, 7) is 0. The molecule has 3 heteroatoms. The van der Waals surface area contributed by atoms with Crippen LogP contribution in [-0.4, -0.2) is 42.1 Å². The van der Waals surface area contributed by atoms with Gasteiger partial charge >= 0.3 is 152 Å². The third kappa shape index (κ3) is 3.92. The average Bonchev–Trinajstić information content (AvgIpc) is 3.02. The summed E-state index contributed by atoms with van der Waals surface area (Å²) >= 11 is 1.10. The molecule has 2 aliphatic rings. The SMILES string of the molecule is c1ccc([Se][C@H]2CC[C@@H]([Se]c3ccccc3)[C@H]3CC[C@@H]2O3)cc1. The fourth-order valence-electron chi connectivity index (χ4n) is 3.55. The van der Waals surface area contributed by atoms with Gasteiger partial charge in [0, 0.05) is 0 Å². The van der Waals surface area contributed by atoms with Gasteiger partial charge in [-0.2, -0.15) is 0 Å². The molecule has 2 bridgehead atoms. The predicted octanol–water partition coefficient (Wildman–Crippen LogP) is 2.96. The molecule has 4 atom stereocenters. The molecule has 0 saturated carbocycles. The Balaban J connectivity index is 1.44. The zero-order chi connectivity index (χ0) is 15.5. The monoisotopic (exact) mass is 438 g/mol. The molecule has 2 aliphatic heterocycles. The summed E-state index contributed by atoms with van der Waals surface area (Å²) in [6, 6.07) is 22.1. The van der Waals surface area contributed by atoms with Gasteiger partial charge in [-0.25, -0.2) is 0 Å². The Morgan fingerprint density at radius 2 is 1.04 bits per heavy atom. The van der Waals surface area contributed by atoms with Gasteiger partial charge < -0.3 is 0 Å². The van der Waals surface area contributed by atoms with Gasteiger partial charge in [-0.15, -0.1) is 0 Å². The fourth-order valence-corrected chi connectivity index (χ4v) is 8.88. The van der Waals surface area contributed by atoms with Crippen LogP contribution in [0.3, 0.4) is 0 Å². The summed E-state index contributed by atoms with van der Waals surface area (Å²) in [5, 5.41) is 0. The third-order valence-corrected chi connectivity index (χ3v) is 10.5. The van der Waals surface area contributed by atoms with Crippen LogP contribution in [0.25, 0.3) is 0 Å². The molecule has 2 saturated heterocycles. The second kappa shape index (κ2) is 7.55. The van der Waals surface area contributed by atoms with Gasteiger partial charge in [-0.05, 0) is 0 Å². The Hall–Kier alpha value is -0.561. The minimum absolute atomic E-state index is 0.525. The van der Waals surface area contributed by atoms with Crippen molar-refractivity contribution >= 4 is 38.8 Å². The molecule has 0 spiro atoms. The topological polar surface area (TPSA) is 9.23 Å². The van der Waals surface area contributed by atoms with E-state index >= 15 is 0 Å². The molecule has 0 radical (unpaired) electrons. The van der Waals surface area contributed by atoms with E-state index in [1.807, 2.05) is 0 Å². The molecule has 2 heterocycles. The van der Waals surface area contributed by atoms with Crippen molar-refractivity contribution in [1.82, 2.24) is 0 Å². The van der Waals surface area contributed by atoms with Crippen molar-refractivity contribution in [3.63, 3.8) is 0 Å².